The van der Waals surface area contributed by atoms with Crippen LogP contribution < -0.4 is 17.0 Å². The summed E-state index contributed by atoms with van der Waals surface area (Å²) in [6, 6.07) is 9.86. The Hall–Kier alpha value is -3.66. The van der Waals surface area contributed by atoms with Crippen LogP contribution in [-0.4, -0.2) is 23.2 Å². The Morgan fingerprint density at radius 1 is 1.07 bits per heavy atom. The SMILES string of the molecule is NNC=Nc1cc(C(=O)C(N)=C(C(=O)O)c2ccccc2)cc(C(F)(F)F)c1. The fourth-order valence-corrected chi connectivity index (χ4v) is 2.36. The average molecular weight is 392 g/mol. The van der Waals surface area contributed by atoms with Gasteiger partial charge >= 0.3 is 12.1 Å². The maximum atomic E-state index is 13.1. The first-order valence-electron chi connectivity index (χ1n) is 7.69. The molecular formula is C18H15F3N4O3. The van der Waals surface area contributed by atoms with Gasteiger partial charge in [0.2, 0.25) is 5.78 Å². The number of aliphatic carboxylic acids is 1. The first kappa shape index (κ1) is 20.6. The first-order valence-corrected chi connectivity index (χ1v) is 7.69. The molecule has 7 nitrogen and oxygen atoms in total. The molecule has 28 heavy (non-hydrogen) atoms. The number of rotatable bonds is 6. The van der Waals surface area contributed by atoms with Gasteiger partial charge in [-0.25, -0.2) is 15.6 Å². The number of hydrogen-bond donors (Lipinski definition) is 4. The van der Waals surface area contributed by atoms with E-state index in [0.29, 0.717) is 12.1 Å². The van der Waals surface area contributed by atoms with Gasteiger partial charge in [0.1, 0.15) is 6.34 Å². The molecular weight excluding hydrogens is 377 g/mol. The van der Waals surface area contributed by atoms with E-state index in [4.69, 9.17) is 11.6 Å². The molecule has 0 saturated heterocycles. The number of carboxylic acids is 1. The van der Waals surface area contributed by atoms with Gasteiger partial charge in [-0.05, 0) is 23.8 Å². The number of Topliss-reactive ketones (excluding diaryl/α,β-unsaturated/α-hetero) is 1. The summed E-state index contributed by atoms with van der Waals surface area (Å²) in [6.45, 7) is 0. The quantitative estimate of drug-likeness (QED) is 0.149. The normalized spacial score (nSPS) is 12.6. The van der Waals surface area contributed by atoms with Crippen molar-refractivity contribution in [1.29, 1.82) is 0 Å². The number of benzene rings is 2. The molecule has 0 unspecified atom stereocenters. The lowest BCUT2D eigenvalue weighted by atomic mass is 9.97. The minimum Gasteiger partial charge on any atom is -0.478 e. The van der Waals surface area contributed by atoms with E-state index in [1.807, 2.05) is 5.43 Å². The van der Waals surface area contributed by atoms with Crippen LogP contribution in [0.1, 0.15) is 21.5 Å². The number of nitrogens with zero attached hydrogens (tertiary/aromatic N) is 1. The van der Waals surface area contributed by atoms with Crippen molar-refractivity contribution in [3.8, 4) is 0 Å². The molecule has 2 aromatic carbocycles. The lowest BCUT2D eigenvalue weighted by Gasteiger charge is -2.12. The lowest BCUT2D eigenvalue weighted by Crippen LogP contribution is -2.19. The minimum atomic E-state index is -4.76. The molecule has 2 rings (SSSR count). The van der Waals surface area contributed by atoms with Gasteiger partial charge in [0, 0.05) is 5.56 Å². The van der Waals surface area contributed by atoms with Crippen molar-refractivity contribution in [2.45, 2.75) is 6.18 Å². The van der Waals surface area contributed by atoms with Crippen molar-refractivity contribution in [3.05, 3.63) is 70.9 Å². The van der Waals surface area contributed by atoms with Gasteiger partial charge in [-0.2, -0.15) is 13.2 Å². The second kappa shape index (κ2) is 8.35. The van der Waals surface area contributed by atoms with E-state index in [9.17, 15) is 27.9 Å². The van der Waals surface area contributed by atoms with Gasteiger partial charge in [-0.1, -0.05) is 30.3 Å². The number of nitrogens with two attached hydrogens (primary N) is 2. The van der Waals surface area contributed by atoms with Gasteiger partial charge in [-0.15, -0.1) is 0 Å². The van der Waals surface area contributed by atoms with E-state index in [-0.39, 0.29) is 11.3 Å². The highest BCUT2D eigenvalue weighted by molar-refractivity contribution is 6.25. The van der Waals surface area contributed by atoms with Gasteiger partial charge in [0.25, 0.3) is 0 Å². The van der Waals surface area contributed by atoms with Gasteiger partial charge < -0.3 is 16.3 Å². The summed E-state index contributed by atoms with van der Waals surface area (Å²) in [7, 11) is 0. The second-order valence-electron chi connectivity index (χ2n) is 5.48. The number of hydrazine groups is 1. The number of carbonyl (C=O) groups is 2. The number of alkyl halides is 3. The maximum absolute atomic E-state index is 13.1. The summed E-state index contributed by atoms with van der Waals surface area (Å²) >= 11 is 0. The van der Waals surface area contributed by atoms with Crippen molar-refractivity contribution in [2.75, 3.05) is 0 Å². The maximum Gasteiger partial charge on any atom is 0.416 e. The van der Waals surface area contributed by atoms with Gasteiger partial charge in [-0.3, -0.25) is 4.79 Å². The van der Waals surface area contributed by atoms with Crippen LogP contribution in [0.2, 0.25) is 0 Å². The van der Waals surface area contributed by atoms with Crippen LogP contribution in [0.3, 0.4) is 0 Å². The van der Waals surface area contributed by atoms with Crippen LogP contribution in [0.25, 0.3) is 5.57 Å². The van der Waals surface area contributed by atoms with Crippen LogP contribution in [0, 0.1) is 0 Å². The predicted octanol–water partition coefficient (Wildman–Crippen LogP) is 2.47. The van der Waals surface area contributed by atoms with E-state index >= 15 is 0 Å². The summed E-state index contributed by atoms with van der Waals surface area (Å²) in [4.78, 5) is 27.9. The number of aliphatic imine (C=N–C) groups is 1. The highest BCUT2D eigenvalue weighted by Crippen LogP contribution is 2.33. The Bertz CT molecular complexity index is 954. The molecule has 2 aromatic rings. The van der Waals surface area contributed by atoms with Gasteiger partial charge in [0.05, 0.1) is 22.5 Å². The van der Waals surface area contributed by atoms with E-state index in [1.165, 1.54) is 24.3 Å². The minimum absolute atomic E-state index is 0.137. The molecule has 10 heteroatoms. The summed E-state index contributed by atoms with van der Waals surface area (Å²) in [5, 5.41) is 9.43. The zero-order chi connectivity index (χ0) is 20.9. The van der Waals surface area contributed by atoms with E-state index in [0.717, 1.165) is 12.4 Å². The van der Waals surface area contributed by atoms with Crippen LogP contribution >= 0.6 is 0 Å². The molecule has 6 N–H and O–H groups in total. The van der Waals surface area contributed by atoms with Gasteiger partial charge in [0.15, 0.2) is 0 Å². The number of hydrogen-bond acceptors (Lipinski definition) is 5. The van der Waals surface area contributed by atoms with Crippen LogP contribution in [0.15, 0.2) is 59.2 Å². The zero-order valence-electron chi connectivity index (χ0n) is 14.2. The van der Waals surface area contributed by atoms with E-state index in [1.54, 1.807) is 6.07 Å². The third-order valence-electron chi connectivity index (χ3n) is 3.59. The molecule has 0 amide bonds. The number of carboxylic acid groups (broad SMARTS) is 1. The molecule has 0 saturated carbocycles. The summed E-state index contributed by atoms with van der Waals surface area (Å²) in [5.41, 5.74) is 4.85. The second-order valence-corrected chi connectivity index (χ2v) is 5.48. The van der Waals surface area contributed by atoms with Crippen LogP contribution in [0.4, 0.5) is 18.9 Å². The standard InChI is InChI=1S/C18H15F3N4O3/c19-18(20,21)12-6-11(7-13(8-12)24-9-25-23)16(26)15(22)14(17(27)28)10-4-2-1-3-5-10/h1-9H,22-23H2,(H,24,25)(H,27,28). The third kappa shape index (κ3) is 4.74. The van der Waals surface area contributed by atoms with Crippen LogP contribution in [0.5, 0.6) is 0 Å². The molecule has 0 spiro atoms. The Kier molecular flexibility index (Phi) is 6.16. The molecule has 146 valence electrons. The lowest BCUT2D eigenvalue weighted by molar-refractivity contribution is -0.137. The van der Waals surface area contributed by atoms with Crippen molar-refractivity contribution in [1.82, 2.24) is 5.43 Å². The van der Waals surface area contributed by atoms with Crippen molar-refractivity contribution < 1.29 is 27.9 Å². The molecule has 0 fully saturated rings. The van der Waals surface area contributed by atoms with E-state index in [2.05, 4.69) is 4.99 Å². The molecule has 0 atom stereocenters. The highest BCUT2D eigenvalue weighted by Gasteiger charge is 2.32. The molecule has 0 aliphatic heterocycles. The number of carbonyl (C=O) groups excluding carboxylic acids is 1. The molecule has 0 aliphatic rings. The number of halogens is 3. The molecule has 0 radical (unpaired) electrons. The van der Waals surface area contributed by atoms with Crippen molar-refractivity contribution >= 4 is 29.4 Å². The molecule has 0 aliphatic carbocycles. The van der Waals surface area contributed by atoms with Crippen LogP contribution in [-0.2, 0) is 11.0 Å². The average Bonchev–Trinajstić information content (AvgIpc) is 2.65. The highest BCUT2D eigenvalue weighted by atomic mass is 19.4. The Balaban J connectivity index is 2.63. The number of allylic oxidation sites excluding steroid dienone is 1. The number of nitrogens with one attached hydrogen (secondary N) is 1. The topological polar surface area (TPSA) is 131 Å². The largest absolute Gasteiger partial charge is 0.478 e. The fourth-order valence-electron chi connectivity index (χ4n) is 2.36. The Labute approximate surface area is 157 Å². The Morgan fingerprint density at radius 3 is 2.25 bits per heavy atom. The first-order chi connectivity index (χ1) is 13.1. The summed E-state index contributed by atoms with van der Waals surface area (Å²) < 4.78 is 39.4. The summed E-state index contributed by atoms with van der Waals surface area (Å²) in [5.74, 6) is 2.43. The molecule has 0 bridgehead atoms. The zero-order valence-corrected chi connectivity index (χ0v) is 14.2. The third-order valence-corrected chi connectivity index (χ3v) is 3.59. The van der Waals surface area contributed by atoms with Crippen molar-refractivity contribution in [2.24, 2.45) is 16.6 Å². The number of ketones is 1. The molecule has 0 heterocycles. The Morgan fingerprint density at radius 2 is 1.71 bits per heavy atom. The van der Waals surface area contributed by atoms with Crippen molar-refractivity contribution in [3.63, 3.8) is 0 Å². The summed E-state index contributed by atoms with van der Waals surface area (Å²) in [6.07, 6.45) is -3.83. The monoisotopic (exact) mass is 392 g/mol. The fraction of sp³-hybridized carbons (Fsp3) is 0.0556. The molecule has 0 aromatic heterocycles. The van der Waals surface area contributed by atoms with E-state index < -0.39 is 40.3 Å². The predicted molar refractivity (Wildman–Crippen MR) is 96.4 cm³/mol. The smallest absolute Gasteiger partial charge is 0.416 e.